The van der Waals surface area contributed by atoms with E-state index in [9.17, 15) is 4.79 Å². The Morgan fingerprint density at radius 3 is 2.03 bits per heavy atom. The number of rotatable bonds is 13. The monoisotopic (exact) mass is 498 g/mol. The van der Waals surface area contributed by atoms with Gasteiger partial charge in [0.15, 0.2) is 0 Å². The first-order chi connectivity index (χ1) is 17.8. The fourth-order valence-corrected chi connectivity index (χ4v) is 5.05. The molecule has 0 spiro atoms. The van der Waals surface area contributed by atoms with Gasteiger partial charge in [-0.25, -0.2) is 0 Å². The summed E-state index contributed by atoms with van der Waals surface area (Å²) in [5.41, 5.74) is 8.18. The van der Waals surface area contributed by atoms with E-state index in [4.69, 9.17) is 15.2 Å². The van der Waals surface area contributed by atoms with Crippen LogP contribution in [0.3, 0.4) is 0 Å². The van der Waals surface area contributed by atoms with Gasteiger partial charge in [0.05, 0.1) is 18.1 Å². The van der Waals surface area contributed by atoms with E-state index in [2.05, 4.69) is 25.3 Å². The van der Waals surface area contributed by atoms with E-state index in [0.717, 1.165) is 42.0 Å². The Morgan fingerprint density at radius 2 is 1.51 bits per heavy atom. The van der Waals surface area contributed by atoms with Gasteiger partial charge in [0.25, 0.3) is 0 Å². The minimum Gasteiger partial charge on any atom is -0.490 e. The lowest BCUT2D eigenvalue weighted by atomic mass is 9.69. The number of likely N-dealkylation sites (tertiary alicyclic amines) is 1. The minimum atomic E-state index is -0.873. The van der Waals surface area contributed by atoms with Crippen LogP contribution < -0.4 is 10.5 Å². The molecular formula is C32H38N2O3. The quantitative estimate of drug-likeness (QED) is 0.317. The summed E-state index contributed by atoms with van der Waals surface area (Å²) in [5.74, 6) is 0.518. The first-order valence-electron chi connectivity index (χ1n) is 13.0. The molecule has 4 rings (SSSR count). The Bertz CT molecular complexity index is 1110. The zero-order valence-corrected chi connectivity index (χ0v) is 21.9. The van der Waals surface area contributed by atoms with E-state index in [1.54, 1.807) is 6.08 Å². The largest absolute Gasteiger partial charge is 0.490 e. The lowest BCUT2D eigenvalue weighted by Gasteiger charge is -2.50. The molecule has 1 fully saturated rings. The summed E-state index contributed by atoms with van der Waals surface area (Å²) in [6.07, 6.45) is 3.38. The number of carbonyl (C=O) groups is 1. The van der Waals surface area contributed by atoms with Crippen molar-refractivity contribution < 1.29 is 14.3 Å². The van der Waals surface area contributed by atoms with Gasteiger partial charge in [0.1, 0.15) is 12.4 Å². The van der Waals surface area contributed by atoms with Crippen molar-refractivity contribution in [3.63, 3.8) is 0 Å². The number of hydrogen-bond acceptors (Lipinski definition) is 4. The molecule has 0 bridgehead atoms. The zero-order valence-electron chi connectivity index (χ0n) is 21.9. The number of ether oxygens (including phenoxy) is 2. The van der Waals surface area contributed by atoms with Crippen molar-refractivity contribution in [1.82, 2.24) is 4.90 Å². The lowest BCUT2D eigenvalue weighted by Crippen LogP contribution is -2.61. The van der Waals surface area contributed by atoms with Crippen molar-refractivity contribution in [2.75, 3.05) is 19.7 Å². The summed E-state index contributed by atoms with van der Waals surface area (Å²) in [7, 11) is 0. The maximum Gasteiger partial charge on any atom is 0.232 e. The Balaban J connectivity index is 1.37. The number of primary amides is 1. The fraction of sp³-hybridized carbons (Fsp3) is 0.344. The summed E-state index contributed by atoms with van der Waals surface area (Å²) in [4.78, 5) is 15.6. The van der Waals surface area contributed by atoms with Gasteiger partial charge in [-0.3, -0.25) is 9.69 Å². The molecule has 0 radical (unpaired) electrons. The SMILES string of the molecule is C=CCOc1ccc(COC2CN(C(C)(C)CCC(C(N)=O)(c3ccccc3)c3ccccc3)C2)cc1. The van der Waals surface area contributed by atoms with Gasteiger partial charge in [-0.05, 0) is 55.5 Å². The van der Waals surface area contributed by atoms with Crippen LogP contribution in [0.2, 0.25) is 0 Å². The molecule has 194 valence electrons. The van der Waals surface area contributed by atoms with Gasteiger partial charge >= 0.3 is 0 Å². The molecule has 3 aromatic carbocycles. The Labute approximate surface area is 220 Å². The molecule has 5 nitrogen and oxygen atoms in total. The van der Waals surface area contributed by atoms with Crippen LogP contribution in [0.1, 0.15) is 43.4 Å². The highest BCUT2D eigenvalue weighted by atomic mass is 16.5. The number of benzene rings is 3. The van der Waals surface area contributed by atoms with Crippen molar-refractivity contribution in [2.24, 2.45) is 5.73 Å². The third kappa shape index (κ3) is 6.12. The Kier molecular flexibility index (Phi) is 8.47. The Morgan fingerprint density at radius 1 is 0.946 bits per heavy atom. The molecule has 3 aromatic rings. The second-order valence-corrected chi connectivity index (χ2v) is 10.4. The average Bonchev–Trinajstić information content (AvgIpc) is 2.88. The molecule has 0 unspecified atom stereocenters. The first kappa shape index (κ1) is 26.6. The molecule has 0 atom stereocenters. The molecule has 1 amide bonds. The summed E-state index contributed by atoms with van der Waals surface area (Å²) < 4.78 is 11.7. The van der Waals surface area contributed by atoms with Crippen molar-refractivity contribution in [3.05, 3.63) is 114 Å². The predicted molar refractivity (Wildman–Crippen MR) is 148 cm³/mol. The number of hydrogen-bond donors (Lipinski definition) is 1. The van der Waals surface area contributed by atoms with E-state index < -0.39 is 5.41 Å². The predicted octanol–water partition coefficient (Wildman–Crippen LogP) is 5.48. The van der Waals surface area contributed by atoms with Crippen molar-refractivity contribution in [1.29, 1.82) is 0 Å². The lowest BCUT2D eigenvalue weighted by molar-refractivity contribution is -0.123. The first-order valence-corrected chi connectivity index (χ1v) is 13.0. The highest BCUT2D eigenvalue weighted by Crippen LogP contribution is 2.40. The van der Waals surface area contributed by atoms with Crippen LogP contribution in [0.4, 0.5) is 0 Å². The molecule has 37 heavy (non-hydrogen) atoms. The van der Waals surface area contributed by atoms with E-state index in [-0.39, 0.29) is 17.6 Å². The summed E-state index contributed by atoms with van der Waals surface area (Å²) in [5, 5.41) is 0. The van der Waals surface area contributed by atoms with Crippen LogP contribution in [0.15, 0.2) is 97.6 Å². The van der Waals surface area contributed by atoms with Crippen molar-refractivity contribution >= 4 is 5.91 Å². The fourth-order valence-electron chi connectivity index (χ4n) is 5.05. The second-order valence-electron chi connectivity index (χ2n) is 10.4. The van der Waals surface area contributed by atoms with E-state index in [1.165, 1.54) is 0 Å². The van der Waals surface area contributed by atoms with Crippen LogP contribution in [0.5, 0.6) is 5.75 Å². The molecule has 5 heteroatoms. The third-order valence-corrected chi connectivity index (χ3v) is 7.55. The third-order valence-electron chi connectivity index (χ3n) is 7.55. The molecule has 0 aromatic heterocycles. The van der Waals surface area contributed by atoms with E-state index in [0.29, 0.717) is 19.6 Å². The van der Waals surface area contributed by atoms with Gasteiger partial charge in [0.2, 0.25) is 5.91 Å². The van der Waals surface area contributed by atoms with Crippen LogP contribution >= 0.6 is 0 Å². The summed E-state index contributed by atoms with van der Waals surface area (Å²) in [6, 6.07) is 27.9. The standard InChI is InChI=1S/C32H38N2O3/c1-4-21-36-28-17-15-25(16-18-28)24-37-29-22-34(23-29)31(2,3)19-20-32(30(33)35,26-11-7-5-8-12-26)27-13-9-6-10-14-27/h4-18,29H,1,19-24H2,2-3H3,(H2,33,35). The number of carbonyl (C=O) groups excluding carboxylic acids is 1. The number of amides is 1. The molecular weight excluding hydrogens is 460 g/mol. The van der Waals surface area contributed by atoms with E-state index >= 15 is 0 Å². The van der Waals surface area contributed by atoms with Gasteiger partial charge in [-0.1, -0.05) is 85.5 Å². The summed E-state index contributed by atoms with van der Waals surface area (Å²) in [6.45, 7) is 11.0. The molecule has 2 N–H and O–H groups in total. The topological polar surface area (TPSA) is 64.8 Å². The zero-order chi connectivity index (χ0) is 26.3. The van der Waals surface area contributed by atoms with Crippen LogP contribution in [-0.2, 0) is 21.6 Å². The number of nitrogens with zero attached hydrogens (tertiary/aromatic N) is 1. The average molecular weight is 499 g/mol. The molecule has 0 aliphatic carbocycles. The normalized spacial score (nSPS) is 14.6. The highest BCUT2D eigenvalue weighted by Gasteiger charge is 2.44. The number of nitrogens with two attached hydrogens (primary N) is 1. The minimum absolute atomic E-state index is 0.103. The maximum atomic E-state index is 13.1. The van der Waals surface area contributed by atoms with Crippen molar-refractivity contribution in [2.45, 2.75) is 50.4 Å². The van der Waals surface area contributed by atoms with Crippen molar-refractivity contribution in [3.8, 4) is 5.75 Å². The maximum absolute atomic E-state index is 13.1. The smallest absolute Gasteiger partial charge is 0.232 e. The van der Waals surface area contributed by atoms with E-state index in [1.807, 2.05) is 84.9 Å². The van der Waals surface area contributed by atoms with Gasteiger partial charge in [-0.15, -0.1) is 0 Å². The van der Waals surface area contributed by atoms with Crippen LogP contribution in [0, 0.1) is 0 Å². The van der Waals surface area contributed by atoms with Gasteiger partial charge in [0, 0.05) is 18.6 Å². The molecule has 1 heterocycles. The second kappa shape index (κ2) is 11.8. The summed E-state index contributed by atoms with van der Waals surface area (Å²) >= 11 is 0. The molecule has 1 saturated heterocycles. The Hall–Kier alpha value is -3.41. The van der Waals surface area contributed by atoms with Crippen LogP contribution in [0.25, 0.3) is 0 Å². The van der Waals surface area contributed by atoms with Gasteiger partial charge < -0.3 is 15.2 Å². The molecule has 0 saturated carbocycles. The molecule has 1 aliphatic rings. The van der Waals surface area contributed by atoms with Gasteiger partial charge in [-0.2, -0.15) is 0 Å². The highest BCUT2D eigenvalue weighted by molar-refractivity contribution is 5.90. The molecule has 1 aliphatic heterocycles. The van der Waals surface area contributed by atoms with Crippen LogP contribution in [-0.4, -0.2) is 42.1 Å².